The Balaban J connectivity index is 0.000000196. The van der Waals surface area contributed by atoms with Crippen LogP contribution in [-0.4, -0.2) is 75.6 Å². The van der Waals surface area contributed by atoms with Gasteiger partial charge in [-0.25, -0.2) is 4.79 Å². The number of aliphatic hydroxyl groups is 1. The lowest BCUT2D eigenvalue weighted by Crippen LogP contribution is -2.61. The van der Waals surface area contributed by atoms with Gasteiger partial charge in [0.25, 0.3) is 0 Å². The average molecular weight is 701 g/mol. The predicted octanol–water partition coefficient (Wildman–Crippen LogP) is 7.10. The highest BCUT2D eigenvalue weighted by Gasteiger charge is 2.59. The van der Waals surface area contributed by atoms with Gasteiger partial charge in [-0.3, -0.25) is 14.4 Å². The van der Waals surface area contributed by atoms with E-state index in [1.165, 1.54) is 12.2 Å². The fourth-order valence-corrected chi connectivity index (χ4v) is 9.08. The number of hydrogen-bond donors (Lipinski definition) is 1. The maximum absolute atomic E-state index is 12.4. The van der Waals surface area contributed by atoms with Gasteiger partial charge >= 0.3 is 23.9 Å². The first-order chi connectivity index (χ1) is 21.8. The number of cyclic esters (lactones) is 1. The summed E-state index contributed by atoms with van der Waals surface area (Å²) in [5.74, 6) is 3.43. The Morgan fingerprint density at radius 2 is 1.36 bits per heavy atom. The van der Waals surface area contributed by atoms with E-state index in [2.05, 4.69) is 0 Å². The second-order valence-corrected chi connectivity index (χ2v) is 18.5. The van der Waals surface area contributed by atoms with E-state index in [-0.39, 0.29) is 34.4 Å². The Morgan fingerprint density at radius 3 is 1.81 bits per heavy atom. The normalized spacial score (nSPS) is 31.4. The second kappa shape index (κ2) is 16.0. The number of ether oxygens (including phenoxy) is 4. The molecule has 0 radical (unpaired) electrons. The summed E-state index contributed by atoms with van der Waals surface area (Å²) in [6.45, 7) is 17.7. The number of carbonyl (C=O) groups excluding carboxylic acids is 4. The third-order valence-electron chi connectivity index (χ3n) is 10.8. The molecule has 4 saturated carbocycles. The summed E-state index contributed by atoms with van der Waals surface area (Å²) in [6.07, 6.45) is 7.76. The van der Waals surface area contributed by atoms with Gasteiger partial charge in [0.1, 0.15) is 5.60 Å². The summed E-state index contributed by atoms with van der Waals surface area (Å²) in [5, 5.41) is 10.6. The predicted molar refractivity (Wildman–Crippen MR) is 186 cm³/mol. The first-order valence-electron chi connectivity index (χ1n) is 17.5. The van der Waals surface area contributed by atoms with Gasteiger partial charge in [0.05, 0.1) is 28.5 Å². The zero-order valence-corrected chi connectivity index (χ0v) is 31.9. The summed E-state index contributed by atoms with van der Waals surface area (Å²) >= 11 is 3.62. The lowest BCUT2D eigenvalue weighted by atomic mass is 9.52. The lowest BCUT2D eigenvalue weighted by molar-refractivity contribution is -0.225. The molecule has 6 rings (SSSR count). The fraction of sp³-hybridized carbons (Fsp3) is 0.889. The van der Waals surface area contributed by atoms with E-state index < -0.39 is 28.5 Å². The van der Waals surface area contributed by atoms with Crippen LogP contribution in [-0.2, 0) is 38.1 Å². The molecule has 4 atom stereocenters. The van der Waals surface area contributed by atoms with Crippen LogP contribution in [0, 0.1) is 28.1 Å². The smallest absolute Gasteiger partial charge is 0.347 e. The molecule has 4 aliphatic carbocycles. The van der Waals surface area contributed by atoms with Crippen LogP contribution in [0.25, 0.3) is 0 Å². The van der Waals surface area contributed by atoms with Crippen LogP contribution < -0.4 is 0 Å². The molecule has 11 heteroatoms. The van der Waals surface area contributed by atoms with Crippen molar-refractivity contribution in [2.24, 2.45) is 28.1 Å². The van der Waals surface area contributed by atoms with Crippen LogP contribution in [0.15, 0.2) is 0 Å². The van der Waals surface area contributed by atoms with E-state index in [1.54, 1.807) is 25.6 Å². The molecule has 47 heavy (non-hydrogen) atoms. The molecule has 2 heterocycles. The zero-order chi connectivity index (χ0) is 35.3. The Morgan fingerprint density at radius 1 is 0.830 bits per heavy atom. The molecule has 9 nitrogen and oxygen atoms in total. The minimum atomic E-state index is -0.687. The van der Waals surface area contributed by atoms with Crippen molar-refractivity contribution in [2.75, 3.05) is 23.9 Å². The molecule has 2 aliphatic heterocycles. The zero-order valence-electron chi connectivity index (χ0n) is 30.2. The topological polar surface area (TPSA) is 125 Å². The highest BCUT2D eigenvalue weighted by molar-refractivity contribution is 8.06. The van der Waals surface area contributed by atoms with Gasteiger partial charge in [-0.2, -0.15) is 11.8 Å². The molecule has 1 N–H and O–H groups in total. The molecule has 0 aromatic heterocycles. The van der Waals surface area contributed by atoms with Crippen molar-refractivity contribution in [3.8, 4) is 0 Å². The molecule has 2 saturated heterocycles. The monoisotopic (exact) mass is 700 g/mol. The van der Waals surface area contributed by atoms with E-state index in [0.717, 1.165) is 50.0 Å². The highest BCUT2D eigenvalue weighted by atomic mass is 32.2. The minimum Gasteiger partial charge on any atom is -0.463 e. The maximum Gasteiger partial charge on any atom is 0.347 e. The molecule has 0 amide bonds. The van der Waals surface area contributed by atoms with E-state index in [9.17, 15) is 24.3 Å². The average Bonchev–Trinajstić information content (AvgIpc) is 3.40. The number of rotatable bonds is 9. The largest absolute Gasteiger partial charge is 0.463 e. The number of carbonyl (C=O) groups is 4. The van der Waals surface area contributed by atoms with Gasteiger partial charge in [-0.15, -0.1) is 11.8 Å². The molecule has 4 unspecified atom stereocenters. The van der Waals surface area contributed by atoms with Crippen molar-refractivity contribution in [1.82, 2.24) is 0 Å². The minimum absolute atomic E-state index is 0.0556. The lowest BCUT2D eigenvalue weighted by Gasteiger charge is -2.59. The van der Waals surface area contributed by atoms with Crippen molar-refractivity contribution in [1.29, 1.82) is 0 Å². The molecule has 0 aromatic rings. The SMILES string of the molecule is CCC(C)(C)C(=O)OC12CC3CC(CC(O)(C3)C1)C2.CCC(C)(C)C(=O)OC1CCOC1=O.CCC(C)(C)C(=O)OC1CSCCS1. The van der Waals surface area contributed by atoms with Crippen LogP contribution in [0.4, 0.5) is 0 Å². The van der Waals surface area contributed by atoms with Crippen molar-refractivity contribution in [3.63, 3.8) is 0 Å². The van der Waals surface area contributed by atoms with E-state index in [0.29, 0.717) is 37.7 Å². The van der Waals surface area contributed by atoms with Crippen molar-refractivity contribution < 1.29 is 43.2 Å². The second-order valence-electron chi connectivity index (χ2n) is 16.1. The quantitative estimate of drug-likeness (QED) is 0.196. The van der Waals surface area contributed by atoms with Crippen LogP contribution >= 0.6 is 23.5 Å². The molecular formula is C36H60O9S2. The third kappa shape index (κ3) is 10.8. The molecule has 4 bridgehead atoms. The van der Waals surface area contributed by atoms with E-state index in [1.807, 2.05) is 60.2 Å². The van der Waals surface area contributed by atoms with Gasteiger partial charge < -0.3 is 24.1 Å². The Labute approximate surface area is 291 Å². The first-order valence-corrected chi connectivity index (χ1v) is 19.7. The summed E-state index contributed by atoms with van der Waals surface area (Å²) in [6, 6.07) is 0. The van der Waals surface area contributed by atoms with Gasteiger partial charge in [-0.05, 0) is 105 Å². The van der Waals surface area contributed by atoms with Crippen LogP contribution in [0.1, 0.15) is 127 Å². The standard InChI is InChI=1S/C16H26O3.C10H16O4.C10H18O2S2/c1-4-14(2,3)13(17)19-16-8-11-5-12(9-16)7-15(18,6-11)10-16;1-4-10(2,3)9(12)14-7-5-6-13-8(7)11;1-4-10(2,3)9(11)12-8-7-13-5-6-14-8/h11-12,18H,4-10H2,1-3H3;7H,4-6H2,1-3H3;8H,4-7H2,1-3H3. The Kier molecular flexibility index (Phi) is 13.6. The molecule has 6 fully saturated rings. The molecule has 270 valence electrons. The van der Waals surface area contributed by atoms with Crippen molar-refractivity contribution in [3.05, 3.63) is 0 Å². The maximum atomic E-state index is 12.4. The summed E-state index contributed by atoms with van der Waals surface area (Å²) < 4.78 is 21.2. The molecular weight excluding hydrogens is 641 g/mol. The number of thioether (sulfide) groups is 2. The first kappa shape index (κ1) is 40.0. The molecule has 0 spiro atoms. The summed E-state index contributed by atoms with van der Waals surface area (Å²) in [5.41, 5.74) is -2.10. The van der Waals surface area contributed by atoms with Gasteiger partial charge in [-0.1, -0.05) is 20.8 Å². The third-order valence-corrected chi connectivity index (χ3v) is 13.3. The fourth-order valence-electron chi connectivity index (χ4n) is 6.70. The molecule has 6 aliphatic rings. The van der Waals surface area contributed by atoms with Crippen molar-refractivity contribution >= 4 is 47.4 Å². The van der Waals surface area contributed by atoms with E-state index in [4.69, 9.17) is 18.9 Å². The number of hydrogen-bond acceptors (Lipinski definition) is 11. The van der Waals surface area contributed by atoms with Crippen LogP contribution in [0.2, 0.25) is 0 Å². The van der Waals surface area contributed by atoms with Crippen molar-refractivity contribution in [2.45, 2.75) is 149 Å². The Hall–Kier alpha value is -1.46. The highest BCUT2D eigenvalue weighted by Crippen LogP contribution is 2.59. The van der Waals surface area contributed by atoms with E-state index >= 15 is 0 Å². The van der Waals surface area contributed by atoms with Crippen LogP contribution in [0.5, 0.6) is 0 Å². The Bertz CT molecular complexity index is 1100. The number of esters is 4. The summed E-state index contributed by atoms with van der Waals surface area (Å²) in [4.78, 5) is 46.7. The van der Waals surface area contributed by atoms with Gasteiger partial charge in [0, 0.05) is 30.1 Å². The van der Waals surface area contributed by atoms with Gasteiger partial charge in [0.2, 0.25) is 6.10 Å². The van der Waals surface area contributed by atoms with Crippen LogP contribution in [0.3, 0.4) is 0 Å². The molecule has 0 aromatic carbocycles. The summed E-state index contributed by atoms with van der Waals surface area (Å²) in [7, 11) is 0. The van der Waals surface area contributed by atoms with Gasteiger partial charge in [0.15, 0.2) is 5.44 Å².